The number of amides is 4. The molecule has 0 radical (unpaired) electrons. The van der Waals surface area contributed by atoms with Crippen LogP contribution in [-0.2, 0) is 0 Å². The van der Waals surface area contributed by atoms with E-state index in [1.807, 2.05) is 0 Å². The van der Waals surface area contributed by atoms with Crippen molar-refractivity contribution in [2.24, 2.45) is 11.5 Å². The summed E-state index contributed by atoms with van der Waals surface area (Å²) in [4.78, 5) is 20.9. The highest BCUT2D eigenvalue weighted by molar-refractivity contribution is 5.91. The van der Waals surface area contributed by atoms with E-state index in [-0.39, 0.29) is 0 Å². The Morgan fingerprint density at radius 1 is 1.40 bits per heavy atom. The number of urea groups is 2. The summed E-state index contributed by atoms with van der Waals surface area (Å²) in [5.41, 5.74) is 9.33. The molecule has 1 atom stereocenters. The molecule has 0 aliphatic heterocycles. The monoisotopic (exact) mass is 147 g/mol. The van der Waals surface area contributed by atoms with Gasteiger partial charge in [-0.05, 0) is 6.92 Å². The van der Waals surface area contributed by atoms with E-state index in [1.54, 1.807) is 0 Å². The fraction of sp³-hybridized carbons (Fsp3) is 0.500. The first kappa shape index (κ1) is 8.70. The SMILES string of the molecule is CC(O)N(C(N)=O)C(N)=O. The van der Waals surface area contributed by atoms with E-state index >= 15 is 0 Å². The summed E-state index contributed by atoms with van der Waals surface area (Å²) in [5.74, 6) is 0. The normalized spacial score (nSPS) is 12.2. The summed E-state index contributed by atoms with van der Waals surface area (Å²) in [7, 11) is 0. The summed E-state index contributed by atoms with van der Waals surface area (Å²) in [6.07, 6.45) is -1.28. The molecule has 10 heavy (non-hydrogen) atoms. The molecule has 0 saturated heterocycles. The molecule has 0 saturated carbocycles. The van der Waals surface area contributed by atoms with Gasteiger partial charge in [-0.25, -0.2) is 14.5 Å². The number of hydrogen-bond acceptors (Lipinski definition) is 3. The van der Waals surface area contributed by atoms with Crippen molar-refractivity contribution < 1.29 is 14.7 Å². The molecular formula is C4H9N3O3. The van der Waals surface area contributed by atoms with Crippen LogP contribution >= 0.6 is 0 Å². The third kappa shape index (κ3) is 1.90. The molecule has 0 aromatic rings. The second-order valence-corrected chi connectivity index (χ2v) is 1.68. The molecule has 5 N–H and O–H groups in total. The number of aliphatic hydroxyl groups is 1. The van der Waals surface area contributed by atoms with Crippen molar-refractivity contribution in [2.45, 2.75) is 13.2 Å². The van der Waals surface area contributed by atoms with Gasteiger partial charge in [0.15, 0.2) is 0 Å². The number of carbonyl (C=O) groups is 2. The number of imide groups is 1. The Balaban J connectivity index is 4.27. The zero-order valence-corrected chi connectivity index (χ0v) is 5.44. The van der Waals surface area contributed by atoms with Gasteiger partial charge in [0.25, 0.3) is 0 Å². The van der Waals surface area contributed by atoms with Gasteiger partial charge in [0.2, 0.25) is 0 Å². The molecule has 0 aliphatic carbocycles. The van der Waals surface area contributed by atoms with Gasteiger partial charge >= 0.3 is 12.1 Å². The number of nitrogens with two attached hydrogens (primary N) is 2. The fourth-order valence-corrected chi connectivity index (χ4v) is 0.477. The van der Waals surface area contributed by atoms with Gasteiger partial charge in [-0.1, -0.05) is 0 Å². The second kappa shape index (κ2) is 3.02. The average Bonchev–Trinajstić information content (AvgIpc) is 1.59. The van der Waals surface area contributed by atoms with Crippen molar-refractivity contribution in [1.29, 1.82) is 0 Å². The summed E-state index contributed by atoms with van der Waals surface area (Å²) < 4.78 is 0. The number of hydrogen-bond donors (Lipinski definition) is 3. The van der Waals surface area contributed by atoms with Crippen LogP contribution in [-0.4, -0.2) is 28.3 Å². The molecule has 0 bridgehead atoms. The van der Waals surface area contributed by atoms with Crippen LogP contribution in [0.5, 0.6) is 0 Å². The minimum atomic E-state index is -1.28. The third-order valence-corrected chi connectivity index (χ3v) is 0.849. The van der Waals surface area contributed by atoms with Gasteiger partial charge < -0.3 is 16.6 Å². The smallest absolute Gasteiger partial charge is 0.325 e. The largest absolute Gasteiger partial charge is 0.373 e. The summed E-state index contributed by atoms with van der Waals surface area (Å²) in [6, 6.07) is -2.13. The van der Waals surface area contributed by atoms with Crippen LogP contribution in [0.15, 0.2) is 0 Å². The Kier molecular flexibility index (Phi) is 2.63. The van der Waals surface area contributed by atoms with Crippen molar-refractivity contribution in [2.75, 3.05) is 0 Å². The Hall–Kier alpha value is -1.30. The standard InChI is InChI=1S/C4H9N3O3/c1-2(8)7(3(5)9)4(6)10/h2,8H,1H3,(H2,5,9)(H2,6,10). The Morgan fingerprint density at radius 3 is 1.70 bits per heavy atom. The summed E-state index contributed by atoms with van der Waals surface area (Å²) >= 11 is 0. The first-order chi connectivity index (χ1) is 4.46. The van der Waals surface area contributed by atoms with Crippen molar-refractivity contribution >= 4 is 12.1 Å². The van der Waals surface area contributed by atoms with Gasteiger partial charge in [-0.2, -0.15) is 0 Å². The number of primary amides is 2. The van der Waals surface area contributed by atoms with Crippen molar-refractivity contribution in [3.8, 4) is 0 Å². The maximum Gasteiger partial charge on any atom is 0.325 e. The van der Waals surface area contributed by atoms with Crippen molar-refractivity contribution in [3.63, 3.8) is 0 Å². The number of carbonyl (C=O) groups excluding carboxylic acids is 2. The van der Waals surface area contributed by atoms with Gasteiger partial charge in [-0.15, -0.1) is 0 Å². The van der Waals surface area contributed by atoms with Crippen LogP contribution in [0.25, 0.3) is 0 Å². The van der Waals surface area contributed by atoms with Crippen LogP contribution in [0.2, 0.25) is 0 Å². The van der Waals surface area contributed by atoms with Crippen LogP contribution in [0.1, 0.15) is 6.92 Å². The summed E-state index contributed by atoms with van der Waals surface area (Å²) in [5, 5.41) is 8.68. The van der Waals surface area contributed by atoms with Crippen LogP contribution in [0.3, 0.4) is 0 Å². The molecule has 0 aliphatic rings. The molecule has 0 rings (SSSR count). The number of nitrogens with zero attached hydrogens (tertiary/aromatic N) is 1. The van der Waals surface area contributed by atoms with Gasteiger partial charge in [0.1, 0.15) is 6.23 Å². The molecule has 0 aromatic carbocycles. The quantitative estimate of drug-likeness (QED) is 0.404. The lowest BCUT2D eigenvalue weighted by Gasteiger charge is -2.17. The topological polar surface area (TPSA) is 110 Å². The van der Waals surface area contributed by atoms with Gasteiger partial charge in [0.05, 0.1) is 0 Å². The lowest BCUT2D eigenvalue weighted by molar-refractivity contribution is 0.0719. The number of rotatable bonds is 1. The van der Waals surface area contributed by atoms with E-state index in [9.17, 15) is 9.59 Å². The highest BCUT2D eigenvalue weighted by atomic mass is 16.3. The van der Waals surface area contributed by atoms with Gasteiger partial charge in [-0.3, -0.25) is 0 Å². The maximum atomic E-state index is 10.3. The lowest BCUT2D eigenvalue weighted by Crippen LogP contribution is -2.48. The number of aliphatic hydroxyl groups excluding tert-OH is 1. The van der Waals surface area contributed by atoms with Crippen molar-refractivity contribution in [3.05, 3.63) is 0 Å². The van der Waals surface area contributed by atoms with Crippen LogP contribution < -0.4 is 11.5 Å². The molecule has 6 heteroatoms. The predicted octanol–water partition coefficient (Wildman–Crippen LogP) is -1.22. The minimum absolute atomic E-state index is 0.333. The average molecular weight is 147 g/mol. The predicted molar refractivity (Wildman–Crippen MR) is 32.7 cm³/mol. The van der Waals surface area contributed by atoms with E-state index in [4.69, 9.17) is 5.11 Å². The second-order valence-electron chi connectivity index (χ2n) is 1.68. The fourth-order valence-electron chi connectivity index (χ4n) is 0.477. The molecule has 6 nitrogen and oxygen atoms in total. The van der Waals surface area contributed by atoms with Crippen LogP contribution in [0.4, 0.5) is 9.59 Å². The molecule has 58 valence electrons. The molecular weight excluding hydrogens is 138 g/mol. The van der Waals surface area contributed by atoms with Crippen molar-refractivity contribution in [1.82, 2.24) is 4.90 Å². The van der Waals surface area contributed by atoms with E-state index in [2.05, 4.69) is 11.5 Å². The lowest BCUT2D eigenvalue weighted by atomic mass is 10.5. The van der Waals surface area contributed by atoms with Gasteiger partial charge in [0, 0.05) is 0 Å². The van der Waals surface area contributed by atoms with E-state index in [0.29, 0.717) is 4.90 Å². The Bertz CT molecular complexity index is 142. The third-order valence-electron chi connectivity index (χ3n) is 0.849. The zero-order valence-electron chi connectivity index (χ0n) is 5.44. The van der Waals surface area contributed by atoms with Crippen LogP contribution in [0, 0.1) is 0 Å². The first-order valence-electron chi connectivity index (χ1n) is 2.53. The highest BCUT2D eigenvalue weighted by Gasteiger charge is 2.19. The molecule has 0 spiro atoms. The maximum absolute atomic E-state index is 10.3. The summed E-state index contributed by atoms with van der Waals surface area (Å²) in [6.45, 7) is 1.20. The van der Waals surface area contributed by atoms with E-state index in [1.165, 1.54) is 6.92 Å². The zero-order chi connectivity index (χ0) is 8.31. The first-order valence-corrected chi connectivity index (χ1v) is 2.53. The Labute approximate surface area is 57.4 Å². The molecule has 0 aromatic heterocycles. The molecule has 4 amide bonds. The molecule has 0 fully saturated rings. The highest BCUT2D eigenvalue weighted by Crippen LogP contribution is 1.92. The molecule has 0 heterocycles. The Morgan fingerprint density at radius 2 is 1.70 bits per heavy atom. The minimum Gasteiger partial charge on any atom is -0.373 e. The molecule has 1 unspecified atom stereocenters. The van der Waals surface area contributed by atoms with E-state index < -0.39 is 18.3 Å². The van der Waals surface area contributed by atoms with E-state index in [0.717, 1.165) is 0 Å².